The van der Waals surface area contributed by atoms with Gasteiger partial charge in [-0.1, -0.05) is 6.92 Å². The van der Waals surface area contributed by atoms with Gasteiger partial charge < -0.3 is 5.11 Å². The summed E-state index contributed by atoms with van der Waals surface area (Å²) in [5.74, 6) is -1.51. The molecule has 0 aromatic rings. The predicted molar refractivity (Wildman–Crippen MR) is 60.3 cm³/mol. The predicted octanol–water partition coefficient (Wildman–Crippen LogP) is -0.0712. The van der Waals surface area contributed by atoms with E-state index in [1.54, 1.807) is 7.05 Å². The molecule has 2 amide bonds. The highest BCUT2D eigenvalue weighted by Gasteiger charge is 2.42. The summed E-state index contributed by atoms with van der Waals surface area (Å²) in [6.45, 7) is 3.48. The number of carboxylic acid groups (broad SMARTS) is 1. The van der Waals surface area contributed by atoms with E-state index in [0.29, 0.717) is 6.42 Å². The van der Waals surface area contributed by atoms with Crippen molar-refractivity contribution in [1.29, 1.82) is 0 Å². The first-order valence-electron chi connectivity index (χ1n) is 5.66. The van der Waals surface area contributed by atoms with E-state index in [2.05, 4.69) is 0 Å². The van der Waals surface area contributed by atoms with Crippen LogP contribution in [0, 0.1) is 0 Å². The third kappa shape index (κ3) is 2.82. The molecule has 1 N–H and O–H groups in total. The molecule has 1 aliphatic rings. The number of imide groups is 1. The van der Waals surface area contributed by atoms with Crippen LogP contribution in [0.25, 0.3) is 0 Å². The van der Waals surface area contributed by atoms with E-state index in [0.717, 1.165) is 0 Å². The highest BCUT2D eigenvalue weighted by atomic mass is 16.4. The molecule has 0 spiro atoms. The van der Waals surface area contributed by atoms with Crippen LogP contribution in [0.1, 0.15) is 26.7 Å². The third-order valence-electron chi connectivity index (χ3n) is 3.11. The molecule has 96 valence electrons. The third-order valence-corrected chi connectivity index (χ3v) is 3.11. The average molecular weight is 242 g/mol. The summed E-state index contributed by atoms with van der Waals surface area (Å²) in [6, 6.07) is -0.758. The van der Waals surface area contributed by atoms with E-state index >= 15 is 0 Å². The number of likely N-dealkylation sites (N-methyl/N-ethyl adjacent to an activating group) is 1. The Kier molecular flexibility index (Phi) is 4.22. The summed E-state index contributed by atoms with van der Waals surface area (Å²) in [5.41, 5.74) is 0. The number of carbonyl (C=O) groups excluding carboxylic acids is 2. The van der Waals surface area contributed by atoms with Crippen molar-refractivity contribution in [1.82, 2.24) is 9.80 Å². The van der Waals surface area contributed by atoms with Gasteiger partial charge in [0.15, 0.2) is 0 Å². The molecule has 0 radical (unpaired) electrons. The molecule has 1 saturated heterocycles. The standard InChI is InChI=1S/C11H18N2O4/c1-4-7(2)13-9(14)5-8(11(13)17)12(3)6-10(15)16/h7-8H,4-6H2,1-3H3,(H,15,16). The van der Waals surface area contributed by atoms with Crippen molar-refractivity contribution in [3.63, 3.8) is 0 Å². The van der Waals surface area contributed by atoms with Crippen LogP contribution in [0.5, 0.6) is 0 Å². The first kappa shape index (κ1) is 13.6. The number of carbonyl (C=O) groups is 3. The van der Waals surface area contributed by atoms with Crippen LogP contribution >= 0.6 is 0 Å². The summed E-state index contributed by atoms with van der Waals surface area (Å²) < 4.78 is 0. The molecule has 0 aromatic heterocycles. The lowest BCUT2D eigenvalue weighted by Crippen LogP contribution is -2.44. The highest BCUT2D eigenvalue weighted by molar-refractivity contribution is 6.05. The molecule has 0 saturated carbocycles. The van der Waals surface area contributed by atoms with Crippen LogP contribution in [0.4, 0.5) is 0 Å². The summed E-state index contributed by atoms with van der Waals surface area (Å²) >= 11 is 0. The van der Waals surface area contributed by atoms with Crippen LogP contribution in [0.3, 0.4) is 0 Å². The second-order valence-corrected chi connectivity index (χ2v) is 4.39. The molecule has 17 heavy (non-hydrogen) atoms. The number of hydrogen-bond donors (Lipinski definition) is 1. The van der Waals surface area contributed by atoms with Crippen LogP contribution in [0.2, 0.25) is 0 Å². The summed E-state index contributed by atoms with van der Waals surface area (Å²) in [5, 5.41) is 8.67. The van der Waals surface area contributed by atoms with Crippen LogP contribution in [-0.4, -0.2) is 58.4 Å². The van der Waals surface area contributed by atoms with E-state index in [1.165, 1.54) is 9.80 Å². The van der Waals surface area contributed by atoms with Crippen LogP contribution in [0.15, 0.2) is 0 Å². The second-order valence-electron chi connectivity index (χ2n) is 4.39. The lowest BCUT2D eigenvalue weighted by atomic mass is 10.2. The minimum absolute atomic E-state index is 0.0763. The van der Waals surface area contributed by atoms with Crippen molar-refractivity contribution in [3.05, 3.63) is 0 Å². The molecule has 0 aliphatic carbocycles. The zero-order valence-electron chi connectivity index (χ0n) is 10.3. The smallest absolute Gasteiger partial charge is 0.317 e. The van der Waals surface area contributed by atoms with E-state index in [9.17, 15) is 14.4 Å². The fourth-order valence-electron chi connectivity index (χ4n) is 1.95. The molecule has 1 fully saturated rings. The van der Waals surface area contributed by atoms with Gasteiger partial charge in [0, 0.05) is 6.04 Å². The van der Waals surface area contributed by atoms with Gasteiger partial charge in [-0.2, -0.15) is 0 Å². The number of carboxylic acids is 1. The van der Waals surface area contributed by atoms with E-state index < -0.39 is 12.0 Å². The van der Waals surface area contributed by atoms with Gasteiger partial charge in [-0.3, -0.25) is 24.2 Å². The first-order valence-corrected chi connectivity index (χ1v) is 5.66. The van der Waals surface area contributed by atoms with Gasteiger partial charge >= 0.3 is 5.97 Å². The Labute approximate surface area is 100 Å². The number of rotatable bonds is 5. The van der Waals surface area contributed by atoms with Crippen LogP contribution < -0.4 is 0 Å². The van der Waals surface area contributed by atoms with Gasteiger partial charge in [0.1, 0.15) is 0 Å². The van der Waals surface area contributed by atoms with Crippen molar-refractivity contribution < 1.29 is 19.5 Å². The minimum atomic E-state index is -1.00. The van der Waals surface area contributed by atoms with Gasteiger partial charge in [-0.05, 0) is 20.4 Å². The molecule has 0 aromatic carbocycles. The van der Waals surface area contributed by atoms with E-state index in [-0.39, 0.29) is 30.8 Å². The Hall–Kier alpha value is -1.43. The largest absolute Gasteiger partial charge is 0.480 e. The summed E-state index contributed by atoms with van der Waals surface area (Å²) in [7, 11) is 1.55. The topological polar surface area (TPSA) is 77.9 Å². The molecular formula is C11H18N2O4. The molecular weight excluding hydrogens is 224 g/mol. The van der Waals surface area contributed by atoms with E-state index in [4.69, 9.17) is 5.11 Å². The molecule has 1 aliphatic heterocycles. The highest BCUT2D eigenvalue weighted by Crippen LogP contribution is 2.21. The van der Waals surface area contributed by atoms with Crippen molar-refractivity contribution >= 4 is 17.8 Å². The zero-order chi connectivity index (χ0) is 13.2. The van der Waals surface area contributed by atoms with Crippen molar-refractivity contribution in [2.24, 2.45) is 0 Å². The van der Waals surface area contributed by atoms with Gasteiger partial charge in [-0.25, -0.2) is 0 Å². The molecule has 1 heterocycles. The van der Waals surface area contributed by atoms with Gasteiger partial charge in [0.25, 0.3) is 0 Å². The summed E-state index contributed by atoms with van der Waals surface area (Å²) in [6.07, 6.45) is 0.778. The van der Waals surface area contributed by atoms with Crippen molar-refractivity contribution in [2.45, 2.75) is 38.8 Å². The Morgan fingerprint density at radius 1 is 1.59 bits per heavy atom. The van der Waals surface area contributed by atoms with Crippen molar-refractivity contribution in [3.8, 4) is 0 Å². The number of likely N-dealkylation sites (tertiary alicyclic amines) is 1. The lowest BCUT2D eigenvalue weighted by molar-refractivity contribution is -0.142. The normalized spacial score (nSPS) is 22.4. The maximum absolute atomic E-state index is 12.0. The maximum atomic E-state index is 12.0. The molecule has 6 heteroatoms. The monoisotopic (exact) mass is 242 g/mol. The van der Waals surface area contributed by atoms with Gasteiger partial charge in [0.2, 0.25) is 11.8 Å². The fourth-order valence-corrected chi connectivity index (χ4v) is 1.95. The number of aliphatic carboxylic acids is 1. The number of hydrogen-bond acceptors (Lipinski definition) is 4. The molecule has 2 unspecified atom stereocenters. The second kappa shape index (κ2) is 5.27. The van der Waals surface area contributed by atoms with E-state index in [1.807, 2.05) is 13.8 Å². The maximum Gasteiger partial charge on any atom is 0.317 e. The lowest BCUT2D eigenvalue weighted by Gasteiger charge is -2.24. The number of amides is 2. The quantitative estimate of drug-likeness (QED) is 0.683. The van der Waals surface area contributed by atoms with Crippen molar-refractivity contribution in [2.75, 3.05) is 13.6 Å². The Morgan fingerprint density at radius 2 is 2.18 bits per heavy atom. The molecule has 0 bridgehead atoms. The van der Waals surface area contributed by atoms with Gasteiger partial charge in [-0.15, -0.1) is 0 Å². The van der Waals surface area contributed by atoms with Gasteiger partial charge in [0.05, 0.1) is 19.0 Å². The molecule has 1 rings (SSSR count). The fraction of sp³-hybridized carbons (Fsp3) is 0.727. The van der Waals surface area contributed by atoms with Crippen LogP contribution in [-0.2, 0) is 14.4 Å². The Balaban J connectivity index is 2.77. The molecule has 2 atom stereocenters. The summed E-state index contributed by atoms with van der Waals surface area (Å²) in [4.78, 5) is 37.0. The Bertz CT molecular complexity index is 342. The SMILES string of the molecule is CCC(C)N1C(=O)CC(N(C)CC(=O)O)C1=O. The minimum Gasteiger partial charge on any atom is -0.480 e. The first-order chi connectivity index (χ1) is 7.88. The Morgan fingerprint density at radius 3 is 2.65 bits per heavy atom. The zero-order valence-corrected chi connectivity index (χ0v) is 10.3. The average Bonchev–Trinajstić information content (AvgIpc) is 2.52. The molecule has 6 nitrogen and oxygen atoms in total. The number of nitrogens with zero attached hydrogens (tertiary/aromatic N) is 2.